The predicted molar refractivity (Wildman–Crippen MR) is 52.0 cm³/mol. The van der Waals surface area contributed by atoms with Crippen molar-refractivity contribution in [3.05, 3.63) is 0 Å². The molecule has 0 bridgehead atoms. The van der Waals surface area contributed by atoms with Gasteiger partial charge in [0, 0.05) is 26.6 Å². The maximum atomic E-state index is 5.62. The molecule has 1 aliphatic heterocycles. The van der Waals surface area contributed by atoms with Gasteiger partial charge in [0.2, 0.25) is 0 Å². The minimum absolute atomic E-state index is 0.222. The Morgan fingerprint density at radius 2 is 2.46 bits per heavy atom. The summed E-state index contributed by atoms with van der Waals surface area (Å²) in [6, 6.07) is 0. The van der Waals surface area contributed by atoms with Gasteiger partial charge in [-0.3, -0.25) is 4.99 Å². The van der Waals surface area contributed by atoms with E-state index in [-0.39, 0.29) is 5.60 Å². The van der Waals surface area contributed by atoms with Gasteiger partial charge in [-0.25, -0.2) is 0 Å². The van der Waals surface area contributed by atoms with Crippen molar-refractivity contribution in [2.45, 2.75) is 25.4 Å². The molecule has 2 N–H and O–H groups in total. The fourth-order valence-electron chi connectivity index (χ4n) is 1.30. The monoisotopic (exact) mass is 186 g/mol. The number of amidine groups is 1. The molecular weight excluding hydrogens is 168 g/mol. The van der Waals surface area contributed by atoms with Gasteiger partial charge in [-0.15, -0.1) is 0 Å². The first-order chi connectivity index (χ1) is 6.22. The molecule has 0 aromatic heterocycles. The summed E-state index contributed by atoms with van der Waals surface area (Å²) < 4.78 is 10.7. The Balaban J connectivity index is 2.48. The number of ether oxygens (including phenoxy) is 2. The molecule has 1 aliphatic rings. The molecule has 76 valence electrons. The third kappa shape index (κ3) is 2.67. The van der Waals surface area contributed by atoms with Crippen molar-refractivity contribution in [1.82, 2.24) is 0 Å². The van der Waals surface area contributed by atoms with Crippen LogP contribution in [0.4, 0.5) is 0 Å². The molecule has 4 heteroatoms. The summed E-state index contributed by atoms with van der Waals surface area (Å²) >= 11 is 0. The predicted octanol–water partition coefficient (Wildman–Crippen LogP) is 0.559. The van der Waals surface area contributed by atoms with Gasteiger partial charge in [0.15, 0.2) is 0 Å². The van der Waals surface area contributed by atoms with Crippen LogP contribution in [0.1, 0.15) is 19.8 Å². The largest absolute Gasteiger partial charge is 0.387 e. The Bertz CT molecular complexity index is 186. The molecule has 1 saturated heterocycles. The number of aliphatic imine (C=N–C) groups is 1. The van der Waals surface area contributed by atoms with E-state index in [0.29, 0.717) is 19.0 Å². The van der Waals surface area contributed by atoms with Crippen molar-refractivity contribution in [1.29, 1.82) is 0 Å². The number of rotatable bonds is 4. The van der Waals surface area contributed by atoms with Crippen molar-refractivity contribution < 1.29 is 9.47 Å². The zero-order valence-electron chi connectivity index (χ0n) is 8.38. The molecule has 0 aromatic carbocycles. The number of methoxy groups -OCH3 is 1. The molecule has 4 nitrogen and oxygen atoms in total. The maximum Gasteiger partial charge on any atom is 0.113 e. The average molecular weight is 186 g/mol. The van der Waals surface area contributed by atoms with Gasteiger partial charge < -0.3 is 15.2 Å². The highest BCUT2D eigenvalue weighted by molar-refractivity contribution is 5.79. The number of nitrogens with two attached hydrogens (primary N) is 1. The minimum Gasteiger partial charge on any atom is -0.387 e. The molecular formula is C9H18N2O2. The first kappa shape index (κ1) is 10.5. The quantitative estimate of drug-likeness (QED) is 0.515. The summed E-state index contributed by atoms with van der Waals surface area (Å²) in [5.41, 5.74) is 5.40. The van der Waals surface area contributed by atoms with Gasteiger partial charge in [-0.2, -0.15) is 0 Å². The molecule has 0 amide bonds. The number of nitrogens with zero attached hydrogens (tertiary/aromatic N) is 1. The van der Waals surface area contributed by atoms with E-state index in [9.17, 15) is 0 Å². The standard InChI is InChI=1S/C9H18N2O2/c1-3-8(10)11-6-9(12-2)4-5-13-7-9/h3-7H2,1-2H3,(H2,10,11). The van der Waals surface area contributed by atoms with Gasteiger partial charge in [-0.05, 0) is 0 Å². The highest BCUT2D eigenvalue weighted by Crippen LogP contribution is 2.22. The lowest BCUT2D eigenvalue weighted by Crippen LogP contribution is -2.36. The molecule has 1 rings (SSSR count). The van der Waals surface area contributed by atoms with E-state index in [4.69, 9.17) is 15.2 Å². The van der Waals surface area contributed by atoms with Crippen LogP contribution in [-0.2, 0) is 9.47 Å². The Hall–Kier alpha value is -0.610. The molecule has 1 fully saturated rings. The van der Waals surface area contributed by atoms with Gasteiger partial charge >= 0.3 is 0 Å². The Morgan fingerprint density at radius 3 is 2.92 bits per heavy atom. The summed E-state index contributed by atoms with van der Waals surface area (Å²) in [4.78, 5) is 4.26. The second-order valence-electron chi connectivity index (χ2n) is 3.35. The van der Waals surface area contributed by atoms with Crippen molar-refractivity contribution >= 4 is 5.84 Å². The van der Waals surface area contributed by atoms with Gasteiger partial charge in [0.25, 0.3) is 0 Å². The van der Waals surface area contributed by atoms with Crippen LogP contribution >= 0.6 is 0 Å². The lowest BCUT2D eigenvalue weighted by atomic mass is 10.0. The van der Waals surface area contributed by atoms with Crippen LogP contribution in [-0.4, -0.2) is 38.3 Å². The average Bonchev–Trinajstić information content (AvgIpc) is 2.63. The SMILES string of the molecule is CCC(N)=NCC1(OC)CCOC1. The van der Waals surface area contributed by atoms with Crippen molar-refractivity contribution in [3.8, 4) is 0 Å². The van der Waals surface area contributed by atoms with Crippen LogP contribution in [0, 0.1) is 0 Å². The van der Waals surface area contributed by atoms with Crippen molar-refractivity contribution in [2.75, 3.05) is 26.9 Å². The molecule has 0 saturated carbocycles. The van der Waals surface area contributed by atoms with Crippen molar-refractivity contribution in [2.24, 2.45) is 10.7 Å². The number of hydrogen-bond donors (Lipinski definition) is 1. The first-order valence-electron chi connectivity index (χ1n) is 4.64. The van der Waals surface area contributed by atoms with Crippen molar-refractivity contribution in [3.63, 3.8) is 0 Å². The van der Waals surface area contributed by atoms with Crippen LogP contribution in [0.2, 0.25) is 0 Å². The van der Waals surface area contributed by atoms with Gasteiger partial charge in [0.1, 0.15) is 5.60 Å². The van der Waals surface area contributed by atoms with E-state index in [2.05, 4.69) is 4.99 Å². The van der Waals surface area contributed by atoms with Crippen LogP contribution in [0.15, 0.2) is 4.99 Å². The molecule has 0 aromatic rings. The van der Waals surface area contributed by atoms with E-state index in [1.165, 1.54) is 0 Å². The fraction of sp³-hybridized carbons (Fsp3) is 0.889. The van der Waals surface area contributed by atoms with E-state index in [1.54, 1.807) is 7.11 Å². The Morgan fingerprint density at radius 1 is 1.69 bits per heavy atom. The second kappa shape index (κ2) is 4.58. The smallest absolute Gasteiger partial charge is 0.113 e. The minimum atomic E-state index is -0.222. The zero-order chi connectivity index (χ0) is 9.73. The molecule has 0 spiro atoms. The molecule has 1 heterocycles. The maximum absolute atomic E-state index is 5.62. The summed E-state index contributed by atoms with van der Waals surface area (Å²) in [5, 5.41) is 0. The summed E-state index contributed by atoms with van der Waals surface area (Å²) in [5.74, 6) is 0.684. The van der Waals surface area contributed by atoms with Crippen LogP contribution in [0.5, 0.6) is 0 Å². The normalized spacial score (nSPS) is 29.5. The highest BCUT2D eigenvalue weighted by Gasteiger charge is 2.34. The molecule has 13 heavy (non-hydrogen) atoms. The van der Waals surface area contributed by atoms with Gasteiger partial charge in [-0.1, -0.05) is 6.92 Å². The summed E-state index contributed by atoms with van der Waals surface area (Å²) in [6.45, 7) is 3.99. The van der Waals surface area contributed by atoms with E-state index in [0.717, 1.165) is 19.4 Å². The third-order valence-corrected chi connectivity index (χ3v) is 2.43. The van der Waals surface area contributed by atoms with E-state index in [1.807, 2.05) is 6.92 Å². The lowest BCUT2D eigenvalue weighted by molar-refractivity contribution is -0.00902. The van der Waals surface area contributed by atoms with Crippen LogP contribution in [0.3, 0.4) is 0 Å². The zero-order valence-corrected chi connectivity index (χ0v) is 8.38. The number of hydrogen-bond acceptors (Lipinski definition) is 3. The first-order valence-corrected chi connectivity index (χ1v) is 4.64. The van der Waals surface area contributed by atoms with Crippen LogP contribution < -0.4 is 5.73 Å². The molecule has 0 radical (unpaired) electrons. The Kier molecular flexibility index (Phi) is 3.69. The molecule has 1 atom stereocenters. The van der Waals surface area contributed by atoms with Crippen LogP contribution in [0.25, 0.3) is 0 Å². The topological polar surface area (TPSA) is 56.8 Å². The summed E-state index contributed by atoms with van der Waals surface area (Å²) in [6.07, 6.45) is 1.70. The second-order valence-corrected chi connectivity index (χ2v) is 3.35. The molecule has 0 aliphatic carbocycles. The summed E-state index contributed by atoms with van der Waals surface area (Å²) in [7, 11) is 1.70. The van der Waals surface area contributed by atoms with E-state index < -0.39 is 0 Å². The lowest BCUT2D eigenvalue weighted by Gasteiger charge is -2.23. The van der Waals surface area contributed by atoms with E-state index >= 15 is 0 Å². The highest BCUT2D eigenvalue weighted by atomic mass is 16.5. The van der Waals surface area contributed by atoms with Gasteiger partial charge in [0.05, 0.1) is 19.0 Å². The Labute approximate surface area is 79.1 Å². The fourth-order valence-corrected chi connectivity index (χ4v) is 1.30. The third-order valence-electron chi connectivity index (χ3n) is 2.43. The molecule has 1 unspecified atom stereocenters.